The van der Waals surface area contributed by atoms with E-state index in [9.17, 15) is 13.6 Å². The largest absolute Gasteiger partial charge is 0.442 e. The molecule has 1 saturated heterocycles. The molecule has 6 heteroatoms. The Hall–Kier alpha value is -1.69. The van der Waals surface area contributed by atoms with Gasteiger partial charge in [0.15, 0.2) is 0 Å². The van der Waals surface area contributed by atoms with Gasteiger partial charge in [-0.25, -0.2) is 13.6 Å². The summed E-state index contributed by atoms with van der Waals surface area (Å²) in [4.78, 5) is 17.2. The Balaban J connectivity index is 2.80. The quantitative estimate of drug-likeness (QED) is 0.733. The number of amides is 1. The van der Waals surface area contributed by atoms with Gasteiger partial charge >= 0.3 is 6.09 Å². The first-order valence-electron chi connectivity index (χ1n) is 6.65. The van der Waals surface area contributed by atoms with Crippen molar-refractivity contribution < 1.29 is 23.1 Å². The van der Waals surface area contributed by atoms with Gasteiger partial charge in [-0.15, -0.1) is 0 Å². The Labute approximate surface area is 123 Å². The molecule has 0 saturated carbocycles. The fraction of sp³-hybridized carbons (Fsp3) is 0.533. The molecule has 0 aliphatic carbocycles. The maximum Gasteiger partial charge on any atom is 0.435 e. The van der Waals surface area contributed by atoms with E-state index in [1.165, 1.54) is 0 Å². The SMILES string of the molecule is C=C(/C=C(F)\C=C(/C)F)[C@@H]1CCON1C(=O)OC(C)(C)C. The Morgan fingerprint density at radius 2 is 2.00 bits per heavy atom. The highest BCUT2D eigenvalue weighted by Crippen LogP contribution is 2.25. The Morgan fingerprint density at radius 3 is 2.52 bits per heavy atom. The van der Waals surface area contributed by atoms with E-state index in [1.807, 2.05) is 0 Å². The van der Waals surface area contributed by atoms with Gasteiger partial charge in [0.05, 0.1) is 18.5 Å². The van der Waals surface area contributed by atoms with Gasteiger partial charge in [0, 0.05) is 12.5 Å². The molecule has 0 spiro atoms. The third kappa shape index (κ3) is 5.67. The van der Waals surface area contributed by atoms with Crippen LogP contribution in [0.25, 0.3) is 0 Å². The fourth-order valence-corrected chi connectivity index (χ4v) is 1.80. The van der Waals surface area contributed by atoms with E-state index in [1.54, 1.807) is 20.8 Å². The van der Waals surface area contributed by atoms with Crippen molar-refractivity contribution in [3.05, 3.63) is 36.0 Å². The summed E-state index contributed by atoms with van der Waals surface area (Å²) in [6.45, 7) is 10.4. The van der Waals surface area contributed by atoms with E-state index in [4.69, 9.17) is 9.57 Å². The second-order valence-corrected chi connectivity index (χ2v) is 5.78. The van der Waals surface area contributed by atoms with Gasteiger partial charge in [0.25, 0.3) is 0 Å². The summed E-state index contributed by atoms with van der Waals surface area (Å²) < 4.78 is 31.3. The lowest BCUT2D eigenvalue weighted by molar-refractivity contribution is -0.118. The van der Waals surface area contributed by atoms with Gasteiger partial charge in [0.2, 0.25) is 0 Å². The highest BCUT2D eigenvalue weighted by atomic mass is 19.1. The molecule has 0 aromatic rings. The predicted octanol–water partition coefficient (Wildman–Crippen LogP) is 4.21. The monoisotopic (exact) mass is 301 g/mol. The first-order valence-corrected chi connectivity index (χ1v) is 6.65. The average molecular weight is 301 g/mol. The number of nitrogens with zero attached hydrogens (tertiary/aromatic N) is 1. The number of allylic oxidation sites excluding steroid dienone is 3. The minimum absolute atomic E-state index is 0.302. The van der Waals surface area contributed by atoms with Crippen molar-refractivity contribution >= 4 is 6.09 Å². The van der Waals surface area contributed by atoms with Crippen LogP contribution in [0.5, 0.6) is 0 Å². The highest BCUT2D eigenvalue weighted by molar-refractivity contribution is 5.68. The second-order valence-electron chi connectivity index (χ2n) is 5.78. The summed E-state index contributed by atoms with van der Waals surface area (Å²) in [6, 6.07) is -0.529. The summed E-state index contributed by atoms with van der Waals surface area (Å²) >= 11 is 0. The van der Waals surface area contributed by atoms with E-state index in [2.05, 4.69) is 6.58 Å². The molecule has 0 bridgehead atoms. The average Bonchev–Trinajstić information content (AvgIpc) is 2.73. The van der Waals surface area contributed by atoms with Crippen LogP contribution in [-0.2, 0) is 9.57 Å². The van der Waals surface area contributed by atoms with E-state index in [-0.39, 0.29) is 0 Å². The zero-order valence-corrected chi connectivity index (χ0v) is 12.8. The summed E-state index contributed by atoms with van der Waals surface area (Å²) in [5.41, 5.74) is -0.349. The highest BCUT2D eigenvalue weighted by Gasteiger charge is 2.35. The van der Waals surface area contributed by atoms with Crippen LogP contribution in [0.1, 0.15) is 34.1 Å². The van der Waals surface area contributed by atoms with Crippen LogP contribution < -0.4 is 0 Å². The molecule has 0 unspecified atom stereocenters. The molecule has 21 heavy (non-hydrogen) atoms. The fourth-order valence-electron chi connectivity index (χ4n) is 1.80. The Kier molecular flexibility index (Phi) is 5.66. The van der Waals surface area contributed by atoms with E-state index >= 15 is 0 Å². The second kappa shape index (κ2) is 6.85. The molecule has 0 aromatic heterocycles. The standard InChI is InChI=1S/C15H21F2NO3/c1-10(8-12(17)9-11(2)16)13-6-7-20-18(13)14(19)21-15(3,4)5/h8-9,13H,1,6-7H2,2-5H3/b11-9+,12-8+/t13-/m0/s1. The van der Waals surface area contributed by atoms with Gasteiger partial charge in [-0.2, -0.15) is 5.06 Å². The molecule has 4 nitrogen and oxygen atoms in total. The van der Waals surface area contributed by atoms with Gasteiger partial charge in [-0.3, -0.25) is 4.84 Å². The smallest absolute Gasteiger partial charge is 0.435 e. The van der Waals surface area contributed by atoms with Crippen molar-refractivity contribution in [2.45, 2.75) is 45.8 Å². The van der Waals surface area contributed by atoms with E-state index in [0.29, 0.717) is 18.6 Å². The first kappa shape index (κ1) is 17.4. The molecule has 1 aliphatic rings. The van der Waals surface area contributed by atoms with Crippen LogP contribution in [-0.4, -0.2) is 29.4 Å². The third-order valence-corrected chi connectivity index (χ3v) is 2.57. The zero-order valence-electron chi connectivity index (χ0n) is 12.8. The third-order valence-electron chi connectivity index (χ3n) is 2.57. The molecule has 0 radical (unpaired) electrons. The number of hydroxylamine groups is 2. The number of hydrogen-bond acceptors (Lipinski definition) is 3. The van der Waals surface area contributed by atoms with Crippen molar-refractivity contribution in [3.63, 3.8) is 0 Å². The van der Waals surface area contributed by atoms with Gasteiger partial charge in [-0.1, -0.05) is 6.58 Å². The maximum atomic E-state index is 13.5. The molecule has 1 rings (SSSR count). The Bertz CT molecular complexity index is 474. The molecule has 118 valence electrons. The molecule has 0 N–H and O–H groups in total. The number of rotatable bonds is 3. The normalized spacial score (nSPS) is 20.7. The van der Waals surface area contributed by atoms with Crippen molar-refractivity contribution in [1.82, 2.24) is 5.06 Å². The first-order chi connectivity index (χ1) is 9.60. The van der Waals surface area contributed by atoms with Gasteiger partial charge in [-0.05, 0) is 39.3 Å². The molecule has 1 fully saturated rings. The number of hydrogen-bond donors (Lipinski definition) is 0. The number of carbonyl (C=O) groups excluding carboxylic acids is 1. The minimum Gasteiger partial charge on any atom is -0.442 e. The molecular weight excluding hydrogens is 280 g/mol. The predicted molar refractivity (Wildman–Crippen MR) is 75.6 cm³/mol. The lowest BCUT2D eigenvalue weighted by Gasteiger charge is -2.27. The zero-order chi connectivity index (χ0) is 16.2. The maximum absolute atomic E-state index is 13.5. The molecular formula is C15H21F2NO3. The summed E-state index contributed by atoms with van der Waals surface area (Å²) in [5.74, 6) is -1.42. The van der Waals surface area contributed by atoms with Crippen molar-refractivity contribution in [2.75, 3.05) is 6.61 Å². The van der Waals surface area contributed by atoms with Crippen LogP contribution in [0, 0.1) is 0 Å². The summed E-state index contributed by atoms with van der Waals surface area (Å²) in [6.07, 6.45) is 1.65. The van der Waals surface area contributed by atoms with Crippen molar-refractivity contribution in [3.8, 4) is 0 Å². The lowest BCUT2D eigenvalue weighted by atomic mass is 10.1. The molecule has 1 amide bonds. The lowest BCUT2D eigenvalue weighted by Crippen LogP contribution is -2.39. The van der Waals surface area contributed by atoms with Gasteiger partial charge in [0.1, 0.15) is 11.4 Å². The molecule has 1 aliphatic heterocycles. The van der Waals surface area contributed by atoms with Crippen molar-refractivity contribution in [2.24, 2.45) is 0 Å². The minimum atomic E-state index is -0.768. The molecule has 1 atom stereocenters. The number of carbonyl (C=O) groups is 1. The van der Waals surface area contributed by atoms with Crippen LogP contribution >= 0.6 is 0 Å². The van der Waals surface area contributed by atoms with Crippen LogP contribution in [0.3, 0.4) is 0 Å². The van der Waals surface area contributed by atoms with E-state index < -0.39 is 29.4 Å². The Morgan fingerprint density at radius 1 is 1.38 bits per heavy atom. The molecule has 0 aromatic carbocycles. The van der Waals surface area contributed by atoms with Crippen LogP contribution in [0.15, 0.2) is 36.0 Å². The summed E-state index contributed by atoms with van der Waals surface area (Å²) in [7, 11) is 0. The van der Waals surface area contributed by atoms with Gasteiger partial charge < -0.3 is 4.74 Å². The summed E-state index contributed by atoms with van der Waals surface area (Å²) in [5, 5.41) is 1.05. The number of ether oxygens (including phenoxy) is 1. The van der Waals surface area contributed by atoms with Crippen LogP contribution in [0.4, 0.5) is 13.6 Å². The topological polar surface area (TPSA) is 38.8 Å². The van der Waals surface area contributed by atoms with Crippen LogP contribution in [0.2, 0.25) is 0 Å². The molecule has 1 heterocycles. The van der Waals surface area contributed by atoms with Crippen molar-refractivity contribution in [1.29, 1.82) is 0 Å². The number of halogens is 2. The van der Waals surface area contributed by atoms with E-state index in [0.717, 1.165) is 24.1 Å².